The summed E-state index contributed by atoms with van der Waals surface area (Å²) in [7, 11) is 0. The quantitative estimate of drug-likeness (QED) is 0.590. The molecule has 0 saturated heterocycles. The van der Waals surface area contributed by atoms with Crippen molar-refractivity contribution in [3.8, 4) is 11.4 Å². The van der Waals surface area contributed by atoms with Crippen molar-refractivity contribution in [1.82, 2.24) is 19.7 Å². The van der Waals surface area contributed by atoms with E-state index >= 15 is 0 Å². The molecule has 0 aliphatic carbocycles. The van der Waals surface area contributed by atoms with E-state index in [0.29, 0.717) is 18.8 Å². The fraction of sp³-hybridized carbons (Fsp3) is 0.211. The third-order valence-electron chi connectivity index (χ3n) is 4.15. The Morgan fingerprint density at radius 3 is 2.88 bits per heavy atom. The van der Waals surface area contributed by atoms with Crippen molar-refractivity contribution >= 4 is 21.4 Å². The van der Waals surface area contributed by atoms with E-state index in [9.17, 15) is 5.11 Å². The van der Waals surface area contributed by atoms with Crippen LogP contribution < -0.4 is 0 Å². The van der Waals surface area contributed by atoms with Gasteiger partial charge in [-0.15, -0.1) is 11.3 Å². The highest BCUT2D eigenvalue weighted by molar-refractivity contribution is 7.17. The molecule has 6 heteroatoms. The second kappa shape index (κ2) is 6.74. The third-order valence-corrected chi connectivity index (χ3v) is 5.03. The van der Waals surface area contributed by atoms with Crippen LogP contribution in [0.15, 0.2) is 54.0 Å². The summed E-state index contributed by atoms with van der Waals surface area (Å²) >= 11 is 1.70. The van der Waals surface area contributed by atoms with Crippen LogP contribution in [0.1, 0.15) is 31.0 Å². The van der Waals surface area contributed by atoms with Gasteiger partial charge in [-0.05, 0) is 36.1 Å². The lowest BCUT2D eigenvalue weighted by Gasteiger charge is -2.06. The lowest BCUT2D eigenvalue weighted by molar-refractivity contribution is 0.163. The highest BCUT2D eigenvalue weighted by Gasteiger charge is 2.19. The van der Waals surface area contributed by atoms with Crippen molar-refractivity contribution in [2.75, 3.05) is 0 Å². The molecule has 0 saturated carbocycles. The van der Waals surface area contributed by atoms with Crippen molar-refractivity contribution in [3.63, 3.8) is 0 Å². The number of aromatic nitrogens is 4. The predicted octanol–water partition coefficient (Wildman–Crippen LogP) is 4.05. The minimum absolute atomic E-state index is 0.459. The van der Waals surface area contributed by atoms with Gasteiger partial charge in [0.1, 0.15) is 6.10 Å². The first-order chi connectivity index (χ1) is 12.3. The van der Waals surface area contributed by atoms with Gasteiger partial charge in [0.25, 0.3) is 0 Å². The average molecular weight is 350 g/mol. The van der Waals surface area contributed by atoms with E-state index in [0.717, 1.165) is 22.5 Å². The maximum absolute atomic E-state index is 10.2. The third kappa shape index (κ3) is 3.06. The molecule has 0 radical (unpaired) electrons. The zero-order valence-electron chi connectivity index (χ0n) is 13.8. The van der Waals surface area contributed by atoms with Gasteiger partial charge in [0.05, 0.1) is 12.2 Å². The Balaban J connectivity index is 1.85. The molecule has 0 amide bonds. The van der Waals surface area contributed by atoms with Crippen LogP contribution in [0.5, 0.6) is 0 Å². The molecule has 0 aliphatic heterocycles. The second-order valence-electron chi connectivity index (χ2n) is 5.83. The Bertz CT molecular complexity index is 993. The summed E-state index contributed by atoms with van der Waals surface area (Å²) in [6, 6.07) is 14.1. The lowest BCUT2D eigenvalue weighted by Crippen LogP contribution is -2.06. The van der Waals surface area contributed by atoms with Crippen LogP contribution in [-0.2, 0) is 6.54 Å². The molecule has 3 heterocycles. The zero-order chi connectivity index (χ0) is 17.2. The fourth-order valence-electron chi connectivity index (χ4n) is 2.83. The molecule has 0 fully saturated rings. The summed E-state index contributed by atoms with van der Waals surface area (Å²) in [5.74, 6) is 1.22. The van der Waals surface area contributed by atoms with Crippen LogP contribution in [0.4, 0.5) is 0 Å². The second-order valence-corrected chi connectivity index (χ2v) is 6.78. The van der Waals surface area contributed by atoms with Crippen molar-refractivity contribution in [2.45, 2.75) is 26.0 Å². The van der Waals surface area contributed by atoms with Crippen LogP contribution in [0.3, 0.4) is 0 Å². The van der Waals surface area contributed by atoms with E-state index in [-0.39, 0.29) is 0 Å². The van der Waals surface area contributed by atoms with E-state index in [1.54, 1.807) is 17.5 Å². The lowest BCUT2D eigenvalue weighted by atomic mass is 10.1. The smallest absolute Gasteiger partial charge is 0.179 e. The number of aliphatic hydroxyl groups is 1. The number of benzene rings is 1. The summed E-state index contributed by atoms with van der Waals surface area (Å²) in [5.41, 5.74) is 1.93. The van der Waals surface area contributed by atoms with Gasteiger partial charge in [0.2, 0.25) is 0 Å². The molecule has 5 nitrogen and oxygen atoms in total. The molecular weight excluding hydrogens is 332 g/mol. The molecule has 0 bridgehead atoms. The molecule has 4 aromatic rings. The maximum atomic E-state index is 10.2. The number of rotatable bonds is 5. The van der Waals surface area contributed by atoms with Crippen molar-refractivity contribution < 1.29 is 5.11 Å². The van der Waals surface area contributed by atoms with Crippen molar-refractivity contribution in [1.29, 1.82) is 0 Å². The summed E-state index contributed by atoms with van der Waals surface area (Å²) in [5, 5.41) is 18.0. The Kier molecular flexibility index (Phi) is 4.29. The van der Waals surface area contributed by atoms with Gasteiger partial charge in [-0.3, -0.25) is 4.98 Å². The van der Waals surface area contributed by atoms with Gasteiger partial charge >= 0.3 is 0 Å². The van der Waals surface area contributed by atoms with E-state index in [4.69, 9.17) is 0 Å². The monoisotopic (exact) mass is 350 g/mol. The number of nitrogens with zero attached hydrogens (tertiary/aromatic N) is 4. The Hall–Kier alpha value is -2.57. The largest absolute Gasteiger partial charge is 0.385 e. The standard InChI is InChI=1S/C19H18N4OS/c1-2-16(24)18-21-19(15-7-5-8-17-14(15)9-11-25-17)23(22-18)12-13-6-3-4-10-20-13/h3-11,16,24H,2,12H2,1H3. The molecule has 1 aromatic carbocycles. The first-order valence-corrected chi connectivity index (χ1v) is 9.13. The van der Waals surface area contributed by atoms with E-state index in [1.165, 1.54) is 4.70 Å². The first-order valence-electron chi connectivity index (χ1n) is 8.25. The molecule has 1 unspecified atom stereocenters. The first kappa shape index (κ1) is 15.9. The summed E-state index contributed by atoms with van der Waals surface area (Å²) in [6.45, 7) is 2.43. The number of aliphatic hydroxyl groups excluding tert-OH is 1. The van der Waals surface area contributed by atoms with Gasteiger partial charge in [0, 0.05) is 21.8 Å². The van der Waals surface area contributed by atoms with E-state index in [1.807, 2.05) is 35.9 Å². The Morgan fingerprint density at radius 2 is 2.08 bits per heavy atom. The number of hydrogen-bond donors (Lipinski definition) is 1. The normalized spacial score (nSPS) is 12.6. The summed E-state index contributed by atoms with van der Waals surface area (Å²) in [4.78, 5) is 9.04. The number of thiophene rings is 1. The number of pyridine rings is 1. The minimum Gasteiger partial charge on any atom is -0.385 e. The number of hydrogen-bond acceptors (Lipinski definition) is 5. The molecular formula is C19H18N4OS. The van der Waals surface area contributed by atoms with Crippen LogP contribution >= 0.6 is 11.3 Å². The number of fused-ring (bicyclic) bond motifs is 1. The van der Waals surface area contributed by atoms with Crippen LogP contribution in [0.2, 0.25) is 0 Å². The van der Waals surface area contributed by atoms with Gasteiger partial charge < -0.3 is 5.11 Å². The van der Waals surface area contributed by atoms with Gasteiger partial charge in [0.15, 0.2) is 11.6 Å². The molecule has 1 atom stereocenters. The molecule has 0 spiro atoms. The highest BCUT2D eigenvalue weighted by atomic mass is 32.1. The van der Waals surface area contributed by atoms with Crippen LogP contribution in [-0.4, -0.2) is 24.9 Å². The highest BCUT2D eigenvalue weighted by Crippen LogP contribution is 2.31. The van der Waals surface area contributed by atoms with Gasteiger partial charge in [-0.25, -0.2) is 9.67 Å². The molecule has 1 N–H and O–H groups in total. The summed E-state index contributed by atoms with van der Waals surface area (Å²) < 4.78 is 3.05. The van der Waals surface area contributed by atoms with E-state index in [2.05, 4.69) is 38.6 Å². The zero-order valence-corrected chi connectivity index (χ0v) is 14.6. The van der Waals surface area contributed by atoms with Gasteiger partial charge in [-0.1, -0.05) is 25.1 Å². The molecule has 3 aromatic heterocycles. The van der Waals surface area contributed by atoms with Crippen molar-refractivity contribution in [3.05, 3.63) is 65.6 Å². The Morgan fingerprint density at radius 1 is 1.16 bits per heavy atom. The predicted molar refractivity (Wildman–Crippen MR) is 99.4 cm³/mol. The fourth-order valence-corrected chi connectivity index (χ4v) is 3.64. The maximum Gasteiger partial charge on any atom is 0.179 e. The van der Waals surface area contributed by atoms with Crippen LogP contribution in [0, 0.1) is 0 Å². The molecule has 0 aliphatic rings. The Labute approximate surface area is 149 Å². The van der Waals surface area contributed by atoms with Gasteiger partial charge in [-0.2, -0.15) is 5.10 Å². The molecule has 126 valence electrons. The van der Waals surface area contributed by atoms with E-state index < -0.39 is 6.10 Å². The SMILES string of the molecule is CCC(O)c1nc(-c2cccc3sccc23)n(Cc2ccccn2)n1. The van der Waals surface area contributed by atoms with Crippen LogP contribution in [0.25, 0.3) is 21.5 Å². The average Bonchev–Trinajstić information content (AvgIpc) is 3.28. The minimum atomic E-state index is -0.662. The summed E-state index contributed by atoms with van der Waals surface area (Å²) in [6.07, 6.45) is 1.69. The molecule has 25 heavy (non-hydrogen) atoms. The topological polar surface area (TPSA) is 63.8 Å². The van der Waals surface area contributed by atoms with Crippen molar-refractivity contribution in [2.24, 2.45) is 0 Å². The molecule has 4 rings (SSSR count).